The Bertz CT molecular complexity index is 109. The van der Waals surface area contributed by atoms with Gasteiger partial charge < -0.3 is 5.11 Å². The molecule has 0 rings (SSSR count). The van der Waals surface area contributed by atoms with Crippen molar-refractivity contribution in [3.8, 4) is 0 Å². The van der Waals surface area contributed by atoms with E-state index in [1.165, 1.54) is 0 Å². The zero-order valence-corrected chi connectivity index (χ0v) is 4.50. The van der Waals surface area contributed by atoms with E-state index in [0.29, 0.717) is 0 Å². The molecule has 0 aromatic carbocycles. The quantitative estimate of drug-likeness (QED) is 0.411. The lowest BCUT2D eigenvalue weighted by Gasteiger charge is -2.08. The summed E-state index contributed by atoms with van der Waals surface area (Å²) in [6, 6.07) is 0. The molecule has 7 nitrogen and oxygen atoms in total. The summed E-state index contributed by atoms with van der Waals surface area (Å²) in [7, 11) is 0. The van der Waals surface area contributed by atoms with Crippen LogP contribution in [0.4, 0.5) is 0 Å². The standard InChI is InChI=1S/C2H6N6O/c3-6-2(1-9,7-4)8-5/h3-5,9H,1H2. The van der Waals surface area contributed by atoms with Crippen molar-refractivity contribution < 1.29 is 5.11 Å². The molecule has 0 saturated heterocycles. The van der Waals surface area contributed by atoms with E-state index < -0.39 is 12.4 Å². The van der Waals surface area contributed by atoms with Crippen LogP contribution in [0.15, 0.2) is 15.3 Å². The van der Waals surface area contributed by atoms with Crippen LogP contribution < -0.4 is 0 Å². The lowest BCUT2D eigenvalue weighted by atomic mass is 10.4. The van der Waals surface area contributed by atoms with E-state index in [9.17, 15) is 0 Å². The molecule has 0 aromatic heterocycles. The van der Waals surface area contributed by atoms with Crippen molar-refractivity contribution in [2.75, 3.05) is 6.61 Å². The molecule has 0 fully saturated rings. The van der Waals surface area contributed by atoms with Crippen LogP contribution in [0.2, 0.25) is 0 Å². The van der Waals surface area contributed by atoms with Gasteiger partial charge in [0.15, 0.2) is 0 Å². The second kappa shape index (κ2) is 2.92. The minimum atomic E-state index is -1.90. The molecular weight excluding hydrogens is 124 g/mol. The maximum Gasteiger partial charge on any atom is 0.320 e. The third-order valence-electron chi connectivity index (χ3n) is 0.749. The molecule has 0 aliphatic rings. The van der Waals surface area contributed by atoms with Crippen LogP contribution in [-0.2, 0) is 0 Å². The normalized spacial score (nSPS) is 15.7. The van der Waals surface area contributed by atoms with E-state index in [-0.39, 0.29) is 0 Å². The van der Waals surface area contributed by atoms with E-state index in [2.05, 4.69) is 15.3 Å². The zero-order valence-electron chi connectivity index (χ0n) is 4.50. The van der Waals surface area contributed by atoms with E-state index in [1.54, 1.807) is 0 Å². The first kappa shape index (κ1) is 7.76. The largest absolute Gasteiger partial charge is 0.389 e. The van der Waals surface area contributed by atoms with Gasteiger partial charge in [-0.2, -0.15) is 0 Å². The van der Waals surface area contributed by atoms with E-state index >= 15 is 0 Å². The fourth-order valence-corrected chi connectivity index (χ4v) is 0.181. The summed E-state index contributed by atoms with van der Waals surface area (Å²) in [5, 5.41) is 16.3. The second-order valence-corrected chi connectivity index (χ2v) is 1.27. The Morgan fingerprint density at radius 3 is 1.44 bits per heavy atom. The van der Waals surface area contributed by atoms with Crippen LogP contribution in [0.3, 0.4) is 0 Å². The Balaban J connectivity index is 4.34. The molecule has 0 unspecified atom stereocenters. The van der Waals surface area contributed by atoms with Crippen LogP contribution in [-0.4, -0.2) is 17.5 Å². The molecule has 50 valence electrons. The van der Waals surface area contributed by atoms with Crippen molar-refractivity contribution in [1.29, 1.82) is 16.6 Å². The van der Waals surface area contributed by atoms with Gasteiger partial charge in [0, 0.05) is 0 Å². The van der Waals surface area contributed by atoms with Crippen LogP contribution in [0.1, 0.15) is 0 Å². The van der Waals surface area contributed by atoms with Crippen LogP contribution in [0.25, 0.3) is 0 Å². The van der Waals surface area contributed by atoms with Gasteiger partial charge in [-0.1, -0.05) is 0 Å². The van der Waals surface area contributed by atoms with Gasteiger partial charge in [0.25, 0.3) is 0 Å². The molecule has 0 saturated carbocycles. The van der Waals surface area contributed by atoms with E-state index in [0.717, 1.165) is 0 Å². The van der Waals surface area contributed by atoms with E-state index in [1.807, 2.05) is 0 Å². The molecule has 0 spiro atoms. The first-order valence-electron chi connectivity index (χ1n) is 2.01. The Kier molecular flexibility index (Phi) is 2.52. The molecule has 0 heterocycles. The lowest BCUT2D eigenvalue weighted by molar-refractivity contribution is 0.184. The fraction of sp³-hybridized carbons (Fsp3) is 1.00. The number of hydrogen-bond acceptors (Lipinski definition) is 7. The number of nitrogens with one attached hydrogen (secondary N) is 3. The SMILES string of the molecule is N=NC(CO)(N=N)N=N. The predicted octanol–water partition coefficient (Wildman–Crippen LogP) is 0.725. The molecule has 0 radical (unpaired) electrons. The predicted molar refractivity (Wildman–Crippen MR) is 25.3 cm³/mol. The molecule has 0 aliphatic carbocycles. The highest BCUT2D eigenvalue weighted by Crippen LogP contribution is 2.11. The number of aliphatic hydroxyl groups is 1. The molecule has 0 atom stereocenters. The van der Waals surface area contributed by atoms with Gasteiger partial charge in [0.2, 0.25) is 0 Å². The average molecular weight is 130 g/mol. The highest BCUT2D eigenvalue weighted by Gasteiger charge is 2.26. The Morgan fingerprint density at radius 1 is 1.11 bits per heavy atom. The summed E-state index contributed by atoms with van der Waals surface area (Å²) in [6.45, 7) is -0.719. The summed E-state index contributed by atoms with van der Waals surface area (Å²) in [5.41, 5.74) is 19.0. The second-order valence-electron chi connectivity index (χ2n) is 1.27. The summed E-state index contributed by atoms with van der Waals surface area (Å²) in [5.74, 6) is -1.90. The lowest BCUT2D eigenvalue weighted by Crippen LogP contribution is -2.23. The average Bonchev–Trinajstić information content (AvgIpc) is 1.95. The van der Waals surface area contributed by atoms with Gasteiger partial charge in [-0.3, -0.25) is 0 Å². The summed E-state index contributed by atoms with van der Waals surface area (Å²) >= 11 is 0. The number of nitrogens with zero attached hydrogens (tertiary/aromatic N) is 3. The maximum absolute atomic E-state index is 8.34. The number of hydrogen-bond donors (Lipinski definition) is 4. The van der Waals surface area contributed by atoms with Gasteiger partial charge in [-0.15, -0.1) is 15.3 Å². The number of rotatable bonds is 4. The first-order chi connectivity index (χ1) is 4.24. The van der Waals surface area contributed by atoms with Crippen molar-refractivity contribution in [2.45, 2.75) is 5.79 Å². The smallest absolute Gasteiger partial charge is 0.320 e. The van der Waals surface area contributed by atoms with Gasteiger partial charge in [0.05, 0.1) is 0 Å². The fourth-order valence-electron chi connectivity index (χ4n) is 0.181. The van der Waals surface area contributed by atoms with Crippen molar-refractivity contribution in [3.05, 3.63) is 0 Å². The Labute approximate surface area is 50.6 Å². The summed E-state index contributed by atoms with van der Waals surface area (Å²) in [6.07, 6.45) is 0. The molecule has 0 aliphatic heterocycles. The van der Waals surface area contributed by atoms with Crippen molar-refractivity contribution in [3.63, 3.8) is 0 Å². The molecule has 7 heteroatoms. The van der Waals surface area contributed by atoms with Crippen LogP contribution in [0, 0.1) is 16.6 Å². The van der Waals surface area contributed by atoms with Gasteiger partial charge in [-0.25, -0.2) is 16.6 Å². The minimum absolute atomic E-state index is 0.719. The number of aliphatic hydroxyl groups excluding tert-OH is 1. The molecule has 0 aromatic rings. The van der Waals surface area contributed by atoms with E-state index in [4.69, 9.17) is 21.7 Å². The zero-order chi connectivity index (χ0) is 7.33. The van der Waals surface area contributed by atoms with Gasteiger partial charge in [0.1, 0.15) is 6.61 Å². The molecule has 0 bridgehead atoms. The van der Waals surface area contributed by atoms with Gasteiger partial charge >= 0.3 is 5.79 Å². The highest BCUT2D eigenvalue weighted by molar-refractivity contribution is 4.73. The third-order valence-corrected chi connectivity index (χ3v) is 0.749. The monoisotopic (exact) mass is 130 g/mol. The van der Waals surface area contributed by atoms with Crippen molar-refractivity contribution in [2.24, 2.45) is 15.3 Å². The van der Waals surface area contributed by atoms with Gasteiger partial charge in [-0.05, 0) is 0 Å². The highest BCUT2D eigenvalue weighted by atomic mass is 16.3. The minimum Gasteiger partial charge on any atom is -0.389 e. The van der Waals surface area contributed by atoms with Crippen LogP contribution in [0.5, 0.6) is 0 Å². The summed E-state index contributed by atoms with van der Waals surface area (Å²) in [4.78, 5) is 0. The topological polar surface area (TPSA) is 129 Å². The molecular formula is C2H6N6O. The molecule has 4 N–H and O–H groups in total. The van der Waals surface area contributed by atoms with Crippen LogP contribution >= 0.6 is 0 Å². The van der Waals surface area contributed by atoms with Crippen molar-refractivity contribution in [1.82, 2.24) is 0 Å². The third kappa shape index (κ3) is 1.32. The summed E-state index contributed by atoms with van der Waals surface area (Å²) < 4.78 is 0. The molecule has 9 heavy (non-hydrogen) atoms. The molecule has 0 amide bonds. The first-order valence-corrected chi connectivity index (χ1v) is 2.01. The Morgan fingerprint density at radius 2 is 1.44 bits per heavy atom. The Hall–Kier alpha value is -1.24. The van der Waals surface area contributed by atoms with Crippen molar-refractivity contribution >= 4 is 0 Å². The maximum atomic E-state index is 8.34.